The second-order valence-electron chi connectivity index (χ2n) is 2.29. The zero-order chi connectivity index (χ0) is 7.98. The van der Waals surface area contributed by atoms with Crippen molar-refractivity contribution in [1.29, 1.82) is 0 Å². The highest BCUT2D eigenvalue weighted by atomic mass is 15.3. The minimum Gasteiger partial charge on any atom is -0.373 e. The fraction of sp³-hybridized carbons (Fsp3) is 0.778. The van der Waals surface area contributed by atoms with Gasteiger partial charge in [0.15, 0.2) is 0 Å². The van der Waals surface area contributed by atoms with Gasteiger partial charge in [-0.25, -0.2) is 0 Å². The van der Waals surface area contributed by atoms with E-state index in [0.717, 1.165) is 6.67 Å². The van der Waals surface area contributed by atoms with Gasteiger partial charge in [-0.3, -0.25) is 0 Å². The lowest BCUT2D eigenvalue weighted by Crippen LogP contribution is -2.27. The summed E-state index contributed by atoms with van der Waals surface area (Å²) in [6, 6.07) is 0.626. The lowest BCUT2D eigenvalue weighted by atomic mass is 10.4. The number of rotatable bonds is 1. The van der Waals surface area contributed by atoms with Gasteiger partial charge in [0.2, 0.25) is 0 Å². The summed E-state index contributed by atoms with van der Waals surface area (Å²) in [5.74, 6) is 0. The fourth-order valence-corrected chi connectivity index (χ4v) is 0.714. The fourth-order valence-electron chi connectivity index (χ4n) is 0.714. The van der Waals surface area contributed by atoms with Crippen LogP contribution >= 0.6 is 0 Å². The van der Waals surface area contributed by atoms with Crippen LogP contribution in [0.3, 0.4) is 0 Å². The first kappa shape index (κ1) is 17.5. The van der Waals surface area contributed by atoms with Gasteiger partial charge in [0.25, 0.3) is 0 Å². The molecule has 0 aromatic rings. The maximum Gasteiger partial charge on any atom is 0.0870 e. The highest BCUT2D eigenvalue weighted by Crippen LogP contribution is 1.99. The minimum atomic E-state index is 0. The van der Waals surface area contributed by atoms with Crippen molar-refractivity contribution in [3.63, 3.8) is 0 Å². The third kappa shape index (κ3) is 6.14. The van der Waals surface area contributed by atoms with Gasteiger partial charge in [0, 0.05) is 26.9 Å². The molecular weight excluding hydrogens is 147 g/mol. The first-order valence-corrected chi connectivity index (χ1v) is 3.96. The number of hydrogen-bond donors (Lipinski definition) is 1. The Balaban J connectivity index is -0.000000189. The van der Waals surface area contributed by atoms with E-state index in [1.165, 1.54) is 0 Å². The Hall–Kier alpha value is -0.595. The van der Waals surface area contributed by atoms with Crippen LogP contribution in [0.25, 0.3) is 0 Å². The van der Waals surface area contributed by atoms with Gasteiger partial charge in [-0.15, -0.1) is 0 Å². The third-order valence-corrected chi connectivity index (χ3v) is 1.32. The smallest absolute Gasteiger partial charge is 0.0870 e. The zero-order valence-electron chi connectivity index (χ0n) is 7.96. The second-order valence-corrected chi connectivity index (χ2v) is 2.29. The molecule has 0 aromatic heterocycles. The van der Waals surface area contributed by atoms with Crippen molar-refractivity contribution in [2.75, 3.05) is 6.67 Å². The molecule has 1 aliphatic heterocycles. The Morgan fingerprint density at radius 2 is 1.83 bits per heavy atom. The summed E-state index contributed by atoms with van der Waals surface area (Å²) in [6.45, 7) is 9.33. The second kappa shape index (κ2) is 10.4. The van der Waals surface area contributed by atoms with Crippen molar-refractivity contribution in [2.45, 2.75) is 41.2 Å². The monoisotopic (exact) mass is 169 g/mol. The van der Waals surface area contributed by atoms with Gasteiger partial charge in [-0.1, -0.05) is 21.3 Å². The van der Waals surface area contributed by atoms with Crippen molar-refractivity contribution >= 4 is 8.41 Å². The molecule has 0 saturated carbocycles. The standard InChI is InChI=1S/C6H12N2.C2H6.CH4.B/c1-6(2)8-4-3-7-5-8;1-2;;/h3-4,6-7H,5H2,1-2H3;1-2H3;1H4;. The highest BCUT2D eigenvalue weighted by molar-refractivity contribution is 5.75. The zero-order valence-corrected chi connectivity index (χ0v) is 7.96. The molecule has 71 valence electrons. The van der Waals surface area contributed by atoms with Crippen LogP contribution in [-0.2, 0) is 0 Å². The maximum absolute atomic E-state index is 3.10. The van der Waals surface area contributed by atoms with E-state index < -0.39 is 0 Å². The lowest BCUT2D eigenvalue weighted by molar-refractivity contribution is 0.324. The van der Waals surface area contributed by atoms with Crippen LogP contribution in [0.2, 0.25) is 0 Å². The average Bonchev–Trinajstić information content (AvgIpc) is 2.42. The third-order valence-electron chi connectivity index (χ3n) is 1.32. The van der Waals surface area contributed by atoms with Crippen molar-refractivity contribution in [2.24, 2.45) is 0 Å². The molecule has 0 spiro atoms. The van der Waals surface area contributed by atoms with Crippen molar-refractivity contribution in [3.8, 4) is 0 Å². The Labute approximate surface area is 79.6 Å². The molecule has 0 fully saturated rings. The summed E-state index contributed by atoms with van der Waals surface area (Å²) in [4.78, 5) is 2.24. The Morgan fingerprint density at radius 1 is 1.33 bits per heavy atom. The molecule has 1 rings (SSSR count). The SMILES string of the molecule is C.CC.CC(C)N1C=CNC1.[B]. The lowest BCUT2D eigenvalue weighted by Gasteiger charge is -2.18. The molecular formula is C9H22BN2. The molecule has 0 aromatic carbocycles. The first-order valence-electron chi connectivity index (χ1n) is 3.96. The molecule has 0 saturated heterocycles. The van der Waals surface area contributed by atoms with Gasteiger partial charge in [-0.2, -0.15) is 0 Å². The van der Waals surface area contributed by atoms with Gasteiger partial charge < -0.3 is 10.2 Å². The van der Waals surface area contributed by atoms with E-state index in [1.807, 2.05) is 20.0 Å². The Bertz CT molecular complexity index is 103. The summed E-state index contributed by atoms with van der Waals surface area (Å²) in [5.41, 5.74) is 0. The molecule has 12 heavy (non-hydrogen) atoms. The summed E-state index contributed by atoms with van der Waals surface area (Å²) in [7, 11) is 0. The topological polar surface area (TPSA) is 15.3 Å². The highest BCUT2D eigenvalue weighted by Gasteiger charge is 2.04. The van der Waals surface area contributed by atoms with Crippen LogP contribution < -0.4 is 5.32 Å². The molecule has 3 heteroatoms. The predicted octanol–water partition coefficient (Wildman–Crippen LogP) is 2.01. The molecule has 1 heterocycles. The predicted molar refractivity (Wildman–Crippen MR) is 58.0 cm³/mol. The van der Waals surface area contributed by atoms with Crippen LogP contribution in [0.15, 0.2) is 12.4 Å². The summed E-state index contributed by atoms with van der Waals surface area (Å²) < 4.78 is 0. The van der Waals surface area contributed by atoms with Crippen LogP contribution in [0.4, 0.5) is 0 Å². The van der Waals surface area contributed by atoms with Crippen LogP contribution in [0.5, 0.6) is 0 Å². The molecule has 0 bridgehead atoms. The summed E-state index contributed by atoms with van der Waals surface area (Å²) in [6.07, 6.45) is 4.05. The summed E-state index contributed by atoms with van der Waals surface area (Å²) >= 11 is 0. The van der Waals surface area contributed by atoms with Crippen LogP contribution in [0, 0.1) is 0 Å². The normalized spacial score (nSPS) is 12.2. The van der Waals surface area contributed by atoms with Crippen molar-refractivity contribution in [3.05, 3.63) is 12.4 Å². The van der Waals surface area contributed by atoms with E-state index in [4.69, 9.17) is 0 Å². The van der Waals surface area contributed by atoms with Crippen molar-refractivity contribution in [1.82, 2.24) is 10.2 Å². The minimum absolute atomic E-state index is 0. The van der Waals surface area contributed by atoms with Gasteiger partial charge in [0.1, 0.15) is 0 Å². The molecule has 1 aliphatic rings. The first-order chi connectivity index (χ1) is 4.80. The summed E-state index contributed by atoms with van der Waals surface area (Å²) in [5, 5.41) is 3.10. The van der Waals surface area contributed by atoms with E-state index in [2.05, 4.69) is 30.3 Å². The number of nitrogens with one attached hydrogen (secondary N) is 1. The van der Waals surface area contributed by atoms with Gasteiger partial charge >= 0.3 is 0 Å². The van der Waals surface area contributed by atoms with E-state index in [1.54, 1.807) is 0 Å². The molecule has 3 radical (unpaired) electrons. The van der Waals surface area contributed by atoms with E-state index >= 15 is 0 Å². The molecule has 0 aliphatic carbocycles. The molecule has 1 N–H and O–H groups in total. The van der Waals surface area contributed by atoms with Crippen LogP contribution in [0.1, 0.15) is 35.1 Å². The van der Waals surface area contributed by atoms with Gasteiger partial charge in [-0.05, 0) is 13.8 Å². The van der Waals surface area contributed by atoms with Crippen LogP contribution in [-0.4, -0.2) is 26.0 Å². The largest absolute Gasteiger partial charge is 0.373 e. The Kier molecular flexibility index (Phi) is 15.2. The van der Waals surface area contributed by atoms with Gasteiger partial charge in [0.05, 0.1) is 6.67 Å². The van der Waals surface area contributed by atoms with E-state index in [-0.39, 0.29) is 15.8 Å². The number of nitrogens with zero attached hydrogens (tertiary/aromatic N) is 1. The molecule has 2 nitrogen and oxygen atoms in total. The van der Waals surface area contributed by atoms with E-state index in [0.29, 0.717) is 6.04 Å². The van der Waals surface area contributed by atoms with Crippen molar-refractivity contribution < 1.29 is 0 Å². The number of hydrogen-bond acceptors (Lipinski definition) is 2. The molecule has 0 unspecified atom stereocenters. The maximum atomic E-state index is 3.10. The average molecular weight is 169 g/mol. The Morgan fingerprint density at radius 3 is 2.00 bits per heavy atom. The molecule has 0 atom stereocenters. The van der Waals surface area contributed by atoms with E-state index in [9.17, 15) is 0 Å². The quantitative estimate of drug-likeness (QED) is 0.604. The molecule has 0 amide bonds.